The van der Waals surface area contributed by atoms with Gasteiger partial charge >= 0.3 is 0 Å². The normalized spacial score (nSPS) is 13.9. The summed E-state index contributed by atoms with van der Waals surface area (Å²) in [6.07, 6.45) is 0. The Morgan fingerprint density at radius 3 is 3.20 bits per heavy atom. The van der Waals surface area contributed by atoms with E-state index in [9.17, 15) is 0 Å². The molecule has 0 radical (unpaired) electrons. The Bertz CT molecular complexity index is 605. The third-order valence-corrected chi connectivity index (χ3v) is 3.54. The van der Waals surface area contributed by atoms with Gasteiger partial charge in [0.05, 0.1) is 5.52 Å². The summed E-state index contributed by atoms with van der Waals surface area (Å²) in [5.74, 6) is 1.11. The fourth-order valence-corrected chi connectivity index (χ4v) is 2.66. The third-order valence-electron chi connectivity index (χ3n) is 2.56. The lowest BCUT2D eigenvalue weighted by Crippen LogP contribution is -1.98. The quantitative estimate of drug-likeness (QED) is 0.595. The van der Waals surface area contributed by atoms with Crippen molar-refractivity contribution in [1.29, 1.82) is 0 Å². The van der Waals surface area contributed by atoms with Crippen molar-refractivity contribution in [2.75, 3.05) is 11.9 Å². The van der Waals surface area contributed by atoms with Crippen LogP contribution in [0.1, 0.15) is 0 Å². The molecule has 0 saturated carbocycles. The molecule has 1 aromatic carbocycles. The van der Waals surface area contributed by atoms with Crippen LogP contribution in [-0.2, 0) is 6.54 Å². The topological polar surface area (TPSA) is 29.9 Å². The second-order valence-electron chi connectivity index (χ2n) is 3.48. The number of hydrogen-bond donors (Lipinski definition) is 1. The van der Waals surface area contributed by atoms with Gasteiger partial charge in [-0.2, -0.15) is 0 Å². The molecule has 0 bridgehead atoms. The zero-order valence-electron chi connectivity index (χ0n) is 7.83. The van der Waals surface area contributed by atoms with Crippen LogP contribution in [0.4, 0.5) is 5.82 Å². The van der Waals surface area contributed by atoms with Gasteiger partial charge in [-0.1, -0.05) is 0 Å². The van der Waals surface area contributed by atoms with Crippen LogP contribution in [0.25, 0.3) is 10.9 Å². The molecule has 15 heavy (non-hydrogen) atoms. The van der Waals surface area contributed by atoms with E-state index in [1.165, 1.54) is 3.57 Å². The molecule has 1 N–H and O–H groups in total. The van der Waals surface area contributed by atoms with Gasteiger partial charge in [-0.25, -0.2) is 4.98 Å². The largest absolute Gasteiger partial charge is 0.369 e. The Balaban J connectivity index is 2.49. The molecule has 2 heterocycles. The maximum absolute atomic E-state index is 5.25. The van der Waals surface area contributed by atoms with Gasteiger partial charge in [-0.15, -0.1) is 0 Å². The molecule has 3 nitrogen and oxygen atoms in total. The fourth-order valence-electron chi connectivity index (χ4n) is 1.88. The van der Waals surface area contributed by atoms with Crippen molar-refractivity contribution in [1.82, 2.24) is 9.55 Å². The molecule has 2 aromatic rings. The van der Waals surface area contributed by atoms with Gasteiger partial charge in [0, 0.05) is 22.0 Å². The van der Waals surface area contributed by atoms with Crippen molar-refractivity contribution < 1.29 is 0 Å². The van der Waals surface area contributed by atoms with Gasteiger partial charge < -0.3 is 9.88 Å². The first-order valence-electron chi connectivity index (χ1n) is 4.70. The van der Waals surface area contributed by atoms with E-state index in [-0.39, 0.29) is 0 Å². The van der Waals surface area contributed by atoms with E-state index in [0.717, 1.165) is 29.8 Å². The molecule has 0 spiro atoms. The molecule has 1 aromatic heterocycles. The first-order chi connectivity index (χ1) is 7.25. The average Bonchev–Trinajstić information content (AvgIpc) is 2.69. The standard InChI is InChI=1S/C10H8IN3S/c11-6-1-2-8-7(5-6)9-12-3-4-14(9)10(15)13-8/h1-2,5,12H,3-4H2. The minimum atomic E-state index is 0.670. The van der Waals surface area contributed by atoms with Gasteiger partial charge in [-0.05, 0) is 53.0 Å². The zero-order chi connectivity index (χ0) is 10.4. The molecule has 0 atom stereocenters. The maximum atomic E-state index is 5.25. The highest BCUT2D eigenvalue weighted by molar-refractivity contribution is 14.1. The zero-order valence-corrected chi connectivity index (χ0v) is 10.8. The second kappa shape index (κ2) is 3.41. The van der Waals surface area contributed by atoms with Gasteiger partial charge in [0.2, 0.25) is 4.77 Å². The van der Waals surface area contributed by atoms with Crippen LogP contribution in [0.3, 0.4) is 0 Å². The monoisotopic (exact) mass is 329 g/mol. The number of halogens is 1. The summed E-state index contributed by atoms with van der Waals surface area (Å²) in [7, 11) is 0. The van der Waals surface area contributed by atoms with Crippen molar-refractivity contribution in [2.45, 2.75) is 6.54 Å². The van der Waals surface area contributed by atoms with Crippen LogP contribution in [-0.4, -0.2) is 16.1 Å². The van der Waals surface area contributed by atoms with E-state index >= 15 is 0 Å². The van der Waals surface area contributed by atoms with Gasteiger partial charge in [0.1, 0.15) is 5.82 Å². The molecule has 3 rings (SSSR count). The lowest BCUT2D eigenvalue weighted by molar-refractivity contribution is 0.773. The molecular weight excluding hydrogens is 321 g/mol. The minimum absolute atomic E-state index is 0.670. The fraction of sp³-hybridized carbons (Fsp3) is 0.200. The number of hydrogen-bond acceptors (Lipinski definition) is 3. The van der Waals surface area contributed by atoms with E-state index < -0.39 is 0 Å². The summed E-state index contributed by atoms with van der Waals surface area (Å²) in [5.41, 5.74) is 0.973. The first-order valence-corrected chi connectivity index (χ1v) is 6.18. The van der Waals surface area contributed by atoms with Crippen LogP contribution >= 0.6 is 34.8 Å². The van der Waals surface area contributed by atoms with Crippen LogP contribution in [0.2, 0.25) is 0 Å². The number of nitrogens with one attached hydrogen (secondary N) is 1. The van der Waals surface area contributed by atoms with Crippen LogP contribution in [0, 0.1) is 8.34 Å². The SMILES string of the molecule is S=c1nc2ccc(I)cc2c2n1CCN2. The number of aromatic nitrogens is 2. The van der Waals surface area contributed by atoms with Crippen molar-refractivity contribution in [3.63, 3.8) is 0 Å². The lowest BCUT2D eigenvalue weighted by atomic mass is 10.2. The molecular formula is C10H8IN3S. The molecule has 0 saturated heterocycles. The van der Waals surface area contributed by atoms with E-state index in [0.29, 0.717) is 4.77 Å². The van der Waals surface area contributed by atoms with Crippen molar-refractivity contribution in [3.05, 3.63) is 26.5 Å². The molecule has 76 valence electrons. The van der Waals surface area contributed by atoms with E-state index in [2.05, 4.69) is 49.6 Å². The molecule has 0 amide bonds. The number of anilines is 1. The Morgan fingerprint density at radius 2 is 2.33 bits per heavy atom. The summed E-state index contributed by atoms with van der Waals surface area (Å²) in [6, 6.07) is 6.21. The maximum Gasteiger partial charge on any atom is 0.201 e. The highest BCUT2D eigenvalue weighted by atomic mass is 127. The average molecular weight is 329 g/mol. The molecule has 5 heteroatoms. The Kier molecular flexibility index (Phi) is 2.17. The minimum Gasteiger partial charge on any atom is -0.369 e. The van der Waals surface area contributed by atoms with E-state index in [1.807, 2.05) is 6.07 Å². The number of nitrogens with zero attached hydrogens (tertiary/aromatic N) is 2. The highest BCUT2D eigenvalue weighted by Gasteiger charge is 2.14. The summed E-state index contributed by atoms with van der Waals surface area (Å²) >= 11 is 7.56. The molecule has 1 aliphatic rings. The predicted molar refractivity (Wildman–Crippen MR) is 71.8 cm³/mol. The molecule has 1 aliphatic heterocycles. The highest BCUT2D eigenvalue weighted by Crippen LogP contribution is 2.26. The van der Waals surface area contributed by atoms with Gasteiger partial charge in [0.15, 0.2) is 0 Å². The molecule has 0 fully saturated rings. The van der Waals surface area contributed by atoms with Crippen LogP contribution in [0.15, 0.2) is 18.2 Å². The number of benzene rings is 1. The summed E-state index contributed by atoms with van der Waals surface area (Å²) < 4.78 is 3.95. The summed E-state index contributed by atoms with van der Waals surface area (Å²) in [5, 5.41) is 4.52. The first kappa shape index (κ1) is 9.53. The lowest BCUT2D eigenvalue weighted by Gasteiger charge is -2.07. The Morgan fingerprint density at radius 1 is 1.47 bits per heavy atom. The van der Waals surface area contributed by atoms with Gasteiger partial charge in [0.25, 0.3) is 0 Å². The summed E-state index contributed by atoms with van der Waals surface area (Å²) in [4.78, 5) is 4.42. The second-order valence-corrected chi connectivity index (χ2v) is 5.09. The number of rotatable bonds is 0. The molecule has 0 unspecified atom stereocenters. The van der Waals surface area contributed by atoms with Crippen molar-refractivity contribution >= 4 is 51.5 Å². The van der Waals surface area contributed by atoms with E-state index in [4.69, 9.17) is 12.2 Å². The van der Waals surface area contributed by atoms with Gasteiger partial charge in [-0.3, -0.25) is 0 Å². The van der Waals surface area contributed by atoms with Crippen molar-refractivity contribution in [2.24, 2.45) is 0 Å². The van der Waals surface area contributed by atoms with Crippen LogP contribution < -0.4 is 5.32 Å². The summed E-state index contributed by atoms with van der Waals surface area (Å²) in [6.45, 7) is 1.86. The number of fused-ring (bicyclic) bond motifs is 3. The predicted octanol–water partition coefficient (Wildman–Crippen LogP) is 2.80. The smallest absolute Gasteiger partial charge is 0.201 e. The molecule has 0 aliphatic carbocycles. The van der Waals surface area contributed by atoms with E-state index in [1.54, 1.807) is 0 Å². The Hall–Kier alpha value is -0.690. The van der Waals surface area contributed by atoms with Crippen LogP contribution in [0.5, 0.6) is 0 Å². The van der Waals surface area contributed by atoms with Crippen molar-refractivity contribution in [3.8, 4) is 0 Å². The third kappa shape index (κ3) is 1.45. The Labute approximate surface area is 106 Å².